The molecular weight excluding hydrogens is 242 g/mol. The molecule has 1 aromatic rings. The Bertz CT molecular complexity index is 325. The molecule has 0 aromatic carbocycles. The van der Waals surface area contributed by atoms with Gasteiger partial charge in [0.25, 0.3) is 0 Å². The third-order valence-corrected chi connectivity index (χ3v) is 3.22. The lowest BCUT2D eigenvalue weighted by Crippen LogP contribution is -2.01. The summed E-state index contributed by atoms with van der Waals surface area (Å²) in [5, 5.41) is 16.6. The van der Waals surface area contributed by atoms with E-state index in [4.69, 9.17) is 5.11 Å². The van der Waals surface area contributed by atoms with E-state index in [1.54, 1.807) is 17.2 Å². The summed E-state index contributed by atoms with van der Waals surface area (Å²) in [6.07, 6.45) is 14.2. The number of rotatable bonds is 12. The van der Waals surface area contributed by atoms with Crippen LogP contribution in [-0.2, 0) is 11.3 Å². The van der Waals surface area contributed by atoms with Gasteiger partial charge < -0.3 is 5.11 Å². The zero-order valence-corrected chi connectivity index (χ0v) is 11.6. The van der Waals surface area contributed by atoms with Gasteiger partial charge in [-0.3, -0.25) is 4.79 Å². The van der Waals surface area contributed by atoms with Crippen LogP contribution >= 0.6 is 0 Å². The second-order valence-corrected chi connectivity index (χ2v) is 4.95. The van der Waals surface area contributed by atoms with E-state index in [0.717, 1.165) is 25.8 Å². The number of carbonyl (C=O) groups is 1. The van der Waals surface area contributed by atoms with E-state index in [1.807, 2.05) is 0 Å². The molecule has 0 spiro atoms. The average molecular weight is 267 g/mol. The molecule has 0 aliphatic heterocycles. The SMILES string of the molecule is O=C(O)CCCCCCCCCCCn1nccn1. The van der Waals surface area contributed by atoms with E-state index in [0.29, 0.717) is 6.42 Å². The fraction of sp³-hybridized carbons (Fsp3) is 0.786. The van der Waals surface area contributed by atoms with Gasteiger partial charge in [0, 0.05) is 6.42 Å². The highest BCUT2D eigenvalue weighted by atomic mass is 16.4. The monoisotopic (exact) mass is 267 g/mol. The van der Waals surface area contributed by atoms with Gasteiger partial charge in [-0.25, -0.2) is 0 Å². The van der Waals surface area contributed by atoms with Crippen molar-refractivity contribution in [1.82, 2.24) is 15.0 Å². The molecule has 0 saturated heterocycles. The Morgan fingerprint density at radius 3 is 1.84 bits per heavy atom. The minimum Gasteiger partial charge on any atom is -0.481 e. The maximum absolute atomic E-state index is 10.3. The molecule has 0 radical (unpaired) electrons. The van der Waals surface area contributed by atoms with E-state index in [2.05, 4.69) is 10.2 Å². The third-order valence-electron chi connectivity index (χ3n) is 3.22. The van der Waals surface area contributed by atoms with Crippen molar-refractivity contribution in [2.45, 2.75) is 70.8 Å². The first kappa shape index (κ1) is 15.7. The van der Waals surface area contributed by atoms with E-state index < -0.39 is 5.97 Å². The first-order valence-electron chi connectivity index (χ1n) is 7.35. The number of nitrogens with zero attached hydrogens (tertiary/aromatic N) is 3. The first-order chi connectivity index (χ1) is 9.29. The highest BCUT2D eigenvalue weighted by molar-refractivity contribution is 5.66. The van der Waals surface area contributed by atoms with E-state index in [1.165, 1.54) is 38.5 Å². The van der Waals surface area contributed by atoms with Gasteiger partial charge in [0.15, 0.2) is 0 Å². The highest BCUT2D eigenvalue weighted by Crippen LogP contribution is 2.10. The Morgan fingerprint density at radius 2 is 1.32 bits per heavy atom. The summed E-state index contributed by atoms with van der Waals surface area (Å²) in [6.45, 7) is 0.919. The molecule has 1 aromatic heterocycles. The lowest BCUT2D eigenvalue weighted by molar-refractivity contribution is -0.137. The van der Waals surface area contributed by atoms with Crippen molar-refractivity contribution in [3.05, 3.63) is 12.4 Å². The largest absolute Gasteiger partial charge is 0.481 e. The smallest absolute Gasteiger partial charge is 0.303 e. The number of aliphatic carboxylic acids is 1. The summed E-state index contributed by atoms with van der Waals surface area (Å²) in [4.78, 5) is 12.0. The van der Waals surface area contributed by atoms with Gasteiger partial charge in [0.2, 0.25) is 0 Å². The standard InChI is InChI=1S/C14H25N3O2/c18-14(19)10-8-6-4-2-1-3-5-7-9-13-17-15-11-12-16-17/h11-12H,1-10,13H2,(H,18,19). The minimum atomic E-state index is -0.674. The van der Waals surface area contributed by atoms with Crippen LogP contribution in [0.25, 0.3) is 0 Å². The second kappa shape index (κ2) is 10.5. The van der Waals surface area contributed by atoms with Crippen molar-refractivity contribution in [3.63, 3.8) is 0 Å². The van der Waals surface area contributed by atoms with Crippen LogP contribution in [0.2, 0.25) is 0 Å². The molecule has 0 aliphatic carbocycles. The van der Waals surface area contributed by atoms with Crippen LogP contribution in [0.5, 0.6) is 0 Å². The molecule has 5 heteroatoms. The fourth-order valence-corrected chi connectivity index (χ4v) is 2.13. The number of carboxylic acids is 1. The summed E-state index contributed by atoms with van der Waals surface area (Å²) in [5.41, 5.74) is 0. The molecule has 1 rings (SSSR count). The molecule has 0 atom stereocenters. The molecule has 5 nitrogen and oxygen atoms in total. The van der Waals surface area contributed by atoms with Gasteiger partial charge in [-0.1, -0.05) is 44.9 Å². The van der Waals surface area contributed by atoms with Gasteiger partial charge in [0.05, 0.1) is 18.9 Å². The zero-order chi connectivity index (χ0) is 13.8. The Labute approximate surface area is 115 Å². The van der Waals surface area contributed by atoms with Crippen LogP contribution in [0.3, 0.4) is 0 Å². The molecule has 0 unspecified atom stereocenters. The summed E-state index contributed by atoms with van der Waals surface area (Å²) < 4.78 is 0. The van der Waals surface area contributed by atoms with Gasteiger partial charge >= 0.3 is 5.97 Å². The zero-order valence-electron chi connectivity index (χ0n) is 11.6. The fourth-order valence-electron chi connectivity index (χ4n) is 2.13. The van der Waals surface area contributed by atoms with E-state index in [-0.39, 0.29) is 0 Å². The molecule has 1 N–H and O–H groups in total. The second-order valence-electron chi connectivity index (χ2n) is 4.95. The van der Waals surface area contributed by atoms with Crippen molar-refractivity contribution in [3.8, 4) is 0 Å². The lowest BCUT2D eigenvalue weighted by Gasteiger charge is -2.02. The highest BCUT2D eigenvalue weighted by Gasteiger charge is 1.97. The molecule has 1 heterocycles. The van der Waals surface area contributed by atoms with Gasteiger partial charge in [-0.05, 0) is 12.8 Å². The molecule has 0 saturated carbocycles. The summed E-state index contributed by atoms with van der Waals surface area (Å²) in [6, 6.07) is 0. The van der Waals surface area contributed by atoms with Crippen LogP contribution in [0, 0.1) is 0 Å². The predicted octanol–water partition coefficient (Wildman–Crippen LogP) is 3.26. The molecule has 108 valence electrons. The number of aryl methyl sites for hydroxylation is 1. The van der Waals surface area contributed by atoms with Gasteiger partial charge in [0.1, 0.15) is 0 Å². The Balaban J connectivity index is 1.75. The quantitative estimate of drug-likeness (QED) is 0.590. The van der Waals surface area contributed by atoms with Crippen molar-refractivity contribution < 1.29 is 9.90 Å². The first-order valence-corrected chi connectivity index (χ1v) is 7.35. The third kappa shape index (κ3) is 9.22. The molecule has 0 bridgehead atoms. The molecular formula is C14H25N3O2. The normalized spacial score (nSPS) is 10.7. The van der Waals surface area contributed by atoms with Crippen molar-refractivity contribution in [2.75, 3.05) is 0 Å². The number of carboxylic acid groups (broad SMARTS) is 1. The van der Waals surface area contributed by atoms with Gasteiger partial charge in [-0.2, -0.15) is 15.0 Å². The van der Waals surface area contributed by atoms with E-state index >= 15 is 0 Å². The topological polar surface area (TPSA) is 68.0 Å². The summed E-state index contributed by atoms with van der Waals surface area (Å²) in [7, 11) is 0. The number of aromatic nitrogens is 3. The van der Waals surface area contributed by atoms with Crippen LogP contribution in [0.1, 0.15) is 64.2 Å². The van der Waals surface area contributed by atoms with Gasteiger partial charge in [-0.15, -0.1) is 0 Å². The maximum atomic E-state index is 10.3. The van der Waals surface area contributed by atoms with Crippen LogP contribution in [-0.4, -0.2) is 26.1 Å². The Kier molecular flexibility index (Phi) is 8.68. The number of unbranched alkanes of at least 4 members (excludes halogenated alkanes) is 8. The molecule has 19 heavy (non-hydrogen) atoms. The maximum Gasteiger partial charge on any atom is 0.303 e. The molecule has 0 aliphatic rings. The summed E-state index contributed by atoms with van der Waals surface area (Å²) >= 11 is 0. The molecule has 0 fully saturated rings. The van der Waals surface area contributed by atoms with Crippen molar-refractivity contribution >= 4 is 5.97 Å². The van der Waals surface area contributed by atoms with E-state index in [9.17, 15) is 4.79 Å². The number of hydrogen-bond donors (Lipinski definition) is 1. The van der Waals surface area contributed by atoms with Crippen molar-refractivity contribution in [1.29, 1.82) is 0 Å². The average Bonchev–Trinajstić information content (AvgIpc) is 2.88. The Hall–Kier alpha value is -1.39. The summed E-state index contributed by atoms with van der Waals surface area (Å²) in [5.74, 6) is -0.674. The molecule has 0 amide bonds. The van der Waals surface area contributed by atoms with Crippen LogP contribution < -0.4 is 0 Å². The number of hydrogen-bond acceptors (Lipinski definition) is 3. The van der Waals surface area contributed by atoms with Crippen LogP contribution in [0.15, 0.2) is 12.4 Å². The minimum absolute atomic E-state index is 0.321. The predicted molar refractivity (Wildman–Crippen MR) is 73.8 cm³/mol. The van der Waals surface area contributed by atoms with Crippen molar-refractivity contribution in [2.24, 2.45) is 0 Å². The Morgan fingerprint density at radius 1 is 0.842 bits per heavy atom. The lowest BCUT2D eigenvalue weighted by atomic mass is 10.1. The van der Waals surface area contributed by atoms with Crippen LogP contribution in [0.4, 0.5) is 0 Å².